The Bertz CT molecular complexity index is 667. The summed E-state index contributed by atoms with van der Waals surface area (Å²) in [5, 5.41) is 2.96. The van der Waals surface area contributed by atoms with Crippen LogP contribution in [0, 0.1) is 0 Å². The lowest BCUT2D eigenvalue weighted by Crippen LogP contribution is -3.00. The van der Waals surface area contributed by atoms with Gasteiger partial charge in [-0.1, -0.05) is 15.9 Å². The Hall–Kier alpha value is -0.890. The summed E-state index contributed by atoms with van der Waals surface area (Å²) in [6.07, 6.45) is 6.75. The van der Waals surface area contributed by atoms with Crippen molar-refractivity contribution in [1.82, 2.24) is 4.57 Å². The number of aromatic nitrogens is 2. The second kappa shape index (κ2) is 7.59. The van der Waals surface area contributed by atoms with Crippen LogP contribution in [-0.2, 0) is 17.8 Å². The van der Waals surface area contributed by atoms with E-state index in [0.29, 0.717) is 0 Å². The average Bonchev–Trinajstić information content (AvgIpc) is 2.62. The van der Waals surface area contributed by atoms with Crippen molar-refractivity contribution in [3.8, 4) is 5.69 Å². The predicted octanol–water partition coefficient (Wildman–Crippen LogP) is 0.216. The van der Waals surface area contributed by atoms with Gasteiger partial charge in [0.15, 0.2) is 6.20 Å². The van der Waals surface area contributed by atoms with E-state index in [4.69, 9.17) is 0 Å². The fourth-order valence-electron chi connectivity index (χ4n) is 2.89. The Kier molecular flexibility index (Phi) is 6.02. The maximum absolute atomic E-state index is 11.5. The molecule has 118 valence electrons. The molecule has 0 saturated carbocycles. The Morgan fingerprint density at radius 1 is 1.23 bits per heavy atom. The highest BCUT2D eigenvalue weighted by Crippen LogP contribution is 2.23. The number of carbonyl (C=O) groups is 1. The highest BCUT2D eigenvalue weighted by Gasteiger charge is 2.26. The van der Waals surface area contributed by atoms with Gasteiger partial charge in [0.05, 0.1) is 6.54 Å². The molecular weight excluding hydrogens is 457 g/mol. The van der Waals surface area contributed by atoms with E-state index >= 15 is 0 Å². The fourth-order valence-corrected chi connectivity index (χ4v) is 3.15. The van der Waals surface area contributed by atoms with Gasteiger partial charge >= 0.3 is 0 Å². The van der Waals surface area contributed by atoms with Crippen LogP contribution in [0.2, 0.25) is 0 Å². The summed E-state index contributed by atoms with van der Waals surface area (Å²) in [7, 11) is 0. The van der Waals surface area contributed by atoms with Crippen molar-refractivity contribution in [1.29, 1.82) is 0 Å². The molecule has 0 radical (unpaired) electrons. The Labute approximate surface area is 156 Å². The lowest BCUT2D eigenvalue weighted by molar-refractivity contribution is -0.702. The molecule has 1 amide bonds. The molecule has 1 aromatic heterocycles. The van der Waals surface area contributed by atoms with Gasteiger partial charge in [-0.15, -0.1) is 0 Å². The smallest absolute Gasteiger partial charge is 0.263 e. The molecule has 22 heavy (non-hydrogen) atoms. The summed E-state index contributed by atoms with van der Waals surface area (Å²) >= 11 is 3.47. The van der Waals surface area contributed by atoms with E-state index in [2.05, 4.69) is 48.7 Å². The van der Waals surface area contributed by atoms with E-state index in [1.54, 1.807) is 6.92 Å². The van der Waals surface area contributed by atoms with Crippen molar-refractivity contribution in [3.63, 3.8) is 0 Å². The molecule has 4 nitrogen and oxygen atoms in total. The molecule has 0 spiro atoms. The number of anilines is 1. The van der Waals surface area contributed by atoms with E-state index in [-0.39, 0.29) is 29.9 Å². The van der Waals surface area contributed by atoms with Gasteiger partial charge in [-0.2, -0.15) is 4.57 Å². The number of amides is 1. The van der Waals surface area contributed by atoms with Crippen LogP contribution in [0.3, 0.4) is 0 Å². The van der Waals surface area contributed by atoms with E-state index in [1.165, 1.54) is 25.1 Å². The second-order valence-electron chi connectivity index (χ2n) is 5.43. The van der Waals surface area contributed by atoms with Crippen LogP contribution in [0.5, 0.6) is 0 Å². The number of aryl methyl sites for hydroxylation is 1. The summed E-state index contributed by atoms with van der Waals surface area (Å²) in [4.78, 5) is 11.5. The minimum atomic E-state index is -0.0402. The summed E-state index contributed by atoms with van der Waals surface area (Å²) in [5.41, 5.74) is 1.08. The van der Waals surface area contributed by atoms with Gasteiger partial charge in [0, 0.05) is 17.8 Å². The number of imidazole rings is 1. The van der Waals surface area contributed by atoms with Crippen molar-refractivity contribution >= 4 is 27.7 Å². The summed E-state index contributed by atoms with van der Waals surface area (Å²) in [5.74, 6) is 2.07. The number of hydrogen-bond donors (Lipinski definition) is 1. The van der Waals surface area contributed by atoms with Gasteiger partial charge in [-0.25, -0.2) is 4.57 Å². The molecule has 0 unspecified atom stereocenters. The molecule has 1 aliphatic rings. The SMILES string of the molecule is CC(=O)Nc1c[n+]2c(n1-c1ccc(Br)cc1)CCCCC2.[I-]. The molecule has 0 aliphatic carbocycles. The average molecular weight is 476 g/mol. The molecule has 2 heterocycles. The Morgan fingerprint density at radius 3 is 2.64 bits per heavy atom. The molecule has 1 aliphatic heterocycles. The fraction of sp³-hybridized carbons (Fsp3) is 0.375. The maximum atomic E-state index is 11.5. The highest BCUT2D eigenvalue weighted by atomic mass is 127. The first-order chi connectivity index (χ1) is 10.1. The predicted molar refractivity (Wildman–Crippen MR) is 85.5 cm³/mol. The zero-order valence-corrected chi connectivity index (χ0v) is 16.2. The number of halogens is 2. The van der Waals surface area contributed by atoms with Gasteiger partial charge in [0.1, 0.15) is 5.69 Å². The third-order valence-corrected chi connectivity index (χ3v) is 4.33. The Balaban J connectivity index is 0.00000176. The minimum Gasteiger partial charge on any atom is -1.00 e. The zero-order chi connectivity index (χ0) is 14.8. The molecule has 0 saturated heterocycles. The largest absolute Gasteiger partial charge is 1.00 e. The van der Waals surface area contributed by atoms with Crippen LogP contribution < -0.4 is 33.9 Å². The van der Waals surface area contributed by atoms with Crippen LogP contribution in [-0.4, -0.2) is 10.5 Å². The molecule has 3 rings (SSSR count). The number of benzene rings is 1. The lowest BCUT2D eigenvalue weighted by Gasteiger charge is -2.05. The quantitative estimate of drug-likeness (QED) is 0.489. The summed E-state index contributed by atoms with van der Waals surface area (Å²) < 4.78 is 5.50. The highest BCUT2D eigenvalue weighted by molar-refractivity contribution is 9.10. The van der Waals surface area contributed by atoms with Crippen LogP contribution in [0.4, 0.5) is 5.82 Å². The summed E-state index contributed by atoms with van der Waals surface area (Å²) in [6.45, 7) is 2.57. The number of fused-ring (bicyclic) bond motifs is 1. The number of rotatable bonds is 2. The van der Waals surface area contributed by atoms with E-state index in [9.17, 15) is 4.79 Å². The summed E-state index contributed by atoms with van der Waals surface area (Å²) in [6, 6.07) is 8.20. The standard InChI is InChI=1S/C16H18BrN3O.HI/c1-12(21)18-15-11-19-10-4-2-3-5-16(19)20(15)14-8-6-13(17)7-9-14;/h6-9,11H,2-5,10H2,1H3;1H. The zero-order valence-electron chi connectivity index (χ0n) is 12.5. The maximum Gasteiger partial charge on any atom is 0.263 e. The molecule has 0 fully saturated rings. The first-order valence-electron chi connectivity index (χ1n) is 7.33. The van der Waals surface area contributed by atoms with Crippen molar-refractivity contribution in [2.45, 2.75) is 39.2 Å². The number of hydrogen-bond acceptors (Lipinski definition) is 1. The van der Waals surface area contributed by atoms with Crippen LogP contribution in [0.1, 0.15) is 32.0 Å². The van der Waals surface area contributed by atoms with Gasteiger partial charge in [0.25, 0.3) is 5.82 Å². The van der Waals surface area contributed by atoms with Gasteiger partial charge < -0.3 is 24.0 Å². The van der Waals surface area contributed by atoms with Gasteiger partial charge in [0.2, 0.25) is 11.7 Å². The van der Waals surface area contributed by atoms with Crippen molar-refractivity contribution in [3.05, 3.63) is 40.8 Å². The molecule has 6 heteroatoms. The van der Waals surface area contributed by atoms with E-state index < -0.39 is 0 Å². The van der Waals surface area contributed by atoms with Crippen molar-refractivity contribution in [2.24, 2.45) is 0 Å². The minimum absolute atomic E-state index is 0. The molecule has 2 aromatic rings. The second-order valence-corrected chi connectivity index (χ2v) is 6.34. The lowest BCUT2D eigenvalue weighted by atomic mass is 10.2. The third-order valence-electron chi connectivity index (χ3n) is 3.80. The molecule has 1 N–H and O–H groups in total. The molecular formula is C16H19BrIN3O. The molecule has 0 atom stereocenters. The first kappa shape index (κ1) is 17.5. The van der Waals surface area contributed by atoms with Crippen molar-refractivity contribution < 1.29 is 33.3 Å². The normalized spacial score (nSPS) is 13.7. The van der Waals surface area contributed by atoms with Crippen LogP contribution >= 0.6 is 15.9 Å². The topological polar surface area (TPSA) is 37.9 Å². The number of nitrogens with zero attached hydrogens (tertiary/aromatic N) is 2. The van der Waals surface area contributed by atoms with Crippen LogP contribution in [0.15, 0.2) is 34.9 Å². The first-order valence-corrected chi connectivity index (χ1v) is 8.12. The third kappa shape index (κ3) is 3.71. The monoisotopic (exact) mass is 475 g/mol. The molecule has 1 aromatic carbocycles. The van der Waals surface area contributed by atoms with Crippen molar-refractivity contribution in [2.75, 3.05) is 5.32 Å². The van der Waals surface area contributed by atoms with E-state index in [1.807, 2.05) is 12.1 Å². The van der Waals surface area contributed by atoms with Crippen LogP contribution in [0.25, 0.3) is 5.69 Å². The molecule has 0 bridgehead atoms. The van der Waals surface area contributed by atoms with Gasteiger partial charge in [-0.3, -0.25) is 10.1 Å². The van der Waals surface area contributed by atoms with E-state index in [0.717, 1.165) is 28.9 Å². The van der Waals surface area contributed by atoms with Gasteiger partial charge in [-0.05, 0) is 43.5 Å². The number of carbonyl (C=O) groups excluding carboxylic acids is 1. The number of nitrogens with one attached hydrogen (secondary N) is 1. The Morgan fingerprint density at radius 2 is 1.95 bits per heavy atom.